The zero-order chi connectivity index (χ0) is 19.5. The van der Waals surface area contributed by atoms with Crippen molar-refractivity contribution in [1.82, 2.24) is 9.62 Å². The molecule has 26 heavy (non-hydrogen) atoms. The Morgan fingerprint density at radius 2 is 1.65 bits per heavy atom. The predicted octanol–water partition coefficient (Wildman–Crippen LogP) is 3.11. The standard InChI is InChI=1S/C20H26N2O3S/c1-14-6-10-19(11-7-14)26(24,25)22(5)13-20(23)21-17(4)18-9-8-15(2)16(3)12-18/h6-12,17H,13H2,1-5H3,(H,21,23)/t17-/m0/s1. The fourth-order valence-corrected chi connectivity index (χ4v) is 3.71. The quantitative estimate of drug-likeness (QED) is 0.845. The van der Waals surface area contributed by atoms with Crippen LogP contribution in [0.15, 0.2) is 47.4 Å². The van der Waals surface area contributed by atoms with Gasteiger partial charge in [0, 0.05) is 7.05 Å². The normalized spacial score (nSPS) is 12.8. The van der Waals surface area contributed by atoms with Gasteiger partial charge in [-0.25, -0.2) is 8.42 Å². The molecule has 0 unspecified atom stereocenters. The Kier molecular flexibility index (Phi) is 6.21. The molecule has 0 heterocycles. The second-order valence-electron chi connectivity index (χ2n) is 6.71. The Balaban J connectivity index is 2.04. The number of benzene rings is 2. The van der Waals surface area contributed by atoms with Crippen LogP contribution in [0.5, 0.6) is 0 Å². The first-order chi connectivity index (χ1) is 12.1. The molecule has 1 atom stereocenters. The Bertz CT molecular complexity index is 890. The molecule has 0 saturated carbocycles. The maximum atomic E-state index is 12.6. The van der Waals surface area contributed by atoms with Crippen LogP contribution in [0.2, 0.25) is 0 Å². The van der Waals surface area contributed by atoms with Crippen LogP contribution in [0.25, 0.3) is 0 Å². The fraction of sp³-hybridized carbons (Fsp3) is 0.350. The average Bonchev–Trinajstić information content (AvgIpc) is 2.57. The predicted molar refractivity (Wildman–Crippen MR) is 103 cm³/mol. The molecule has 0 radical (unpaired) electrons. The zero-order valence-corrected chi connectivity index (χ0v) is 16.7. The molecule has 0 aliphatic rings. The van der Waals surface area contributed by atoms with Gasteiger partial charge in [0.2, 0.25) is 15.9 Å². The van der Waals surface area contributed by atoms with Crippen LogP contribution in [0.3, 0.4) is 0 Å². The van der Waals surface area contributed by atoms with E-state index in [1.807, 2.05) is 45.9 Å². The lowest BCUT2D eigenvalue weighted by Crippen LogP contribution is -2.39. The van der Waals surface area contributed by atoms with E-state index < -0.39 is 10.0 Å². The third-order valence-corrected chi connectivity index (χ3v) is 6.32. The number of hydrogen-bond donors (Lipinski definition) is 1. The maximum absolute atomic E-state index is 12.6. The summed E-state index contributed by atoms with van der Waals surface area (Å²) in [6, 6.07) is 12.4. The first-order valence-corrected chi connectivity index (χ1v) is 9.95. The molecule has 1 N–H and O–H groups in total. The molecule has 2 rings (SSSR count). The van der Waals surface area contributed by atoms with Crippen molar-refractivity contribution in [2.75, 3.05) is 13.6 Å². The van der Waals surface area contributed by atoms with E-state index in [2.05, 4.69) is 5.32 Å². The van der Waals surface area contributed by atoms with Gasteiger partial charge in [-0.05, 0) is 56.5 Å². The number of nitrogens with zero attached hydrogens (tertiary/aromatic N) is 1. The van der Waals surface area contributed by atoms with E-state index in [4.69, 9.17) is 0 Å². The van der Waals surface area contributed by atoms with Gasteiger partial charge in [-0.2, -0.15) is 4.31 Å². The number of rotatable bonds is 6. The number of carbonyl (C=O) groups excluding carboxylic acids is 1. The smallest absolute Gasteiger partial charge is 0.243 e. The third kappa shape index (κ3) is 4.71. The van der Waals surface area contributed by atoms with Crippen LogP contribution in [-0.4, -0.2) is 32.2 Å². The van der Waals surface area contributed by atoms with Gasteiger partial charge in [0.15, 0.2) is 0 Å². The van der Waals surface area contributed by atoms with Crippen LogP contribution in [0, 0.1) is 20.8 Å². The minimum Gasteiger partial charge on any atom is -0.348 e. The summed E-state index contributed by atoms with van der Waals surface area (Å²) in [6.45, 7) is 7.60. The van der Waals surface area contributed by atoms with Gasteiger partial charge >= 0.3 is 0 Å². The van der Waals surface area contributed by atoms with Crippen molar-refractivity contribution in [1.29, 1.82) is 0 Å². The summed E-state index contributed by atoms with van der Waals surface area (Å²) >= 11 is 0. The van der Waals surface area contributed by atoms with Crippen LogP contribution in [0.4, 0.5) is 0 Å². The summed E-state index contributed by atoms with van der Waals surface area (Å²) in [4.78, 5) is 12.5. The van der Waals surface area contributed by atoms with Crippen molar-refractivity contribution >= 4 is 15.9 Å². The van der Waals surface area contributed by atoms with Crippen molar-refractivity contribution in [3.63, 3.8) is 0 Å². The fourth-order valence-electron chi connectivity index (χ4n) is 2.58. The highest BCUT2D eigenvalue weighted by molar-refractivity contribution is 7.89. The molecule has 6 heteroatoms. The number of likely N-dealkylation sites (N-methyl/N-ethyl adjacent to an activating group) is 1. The van der Waals surface area contributed by atoms with Gasteiger partial charge in [-0.3, -0.25) is 4.79 Å². The number of nitrogens with one attached hydrogen (secondary N) is 1. The first-order valence-electron chi connectivity index (χ1n) is 8.51. The lowest BCUT2D eigenvalue weighted by atomic mass is 10.0. The molecule has 0 aliphatic carbocycles. The molecule has 0 saturated heterocycles. The molecule has 140 valence electrons. The highest BCUT2D eigenvalue weighted by Crippen LogP contribution is 2.18. The molecule has 2 aromatic rings. The Hall–Kier alpha value is -2.18. The molecule has 1 amide bonds. The van der Waals surface area contributed by atoms with Gasteiger partial charge < -0.3 is 5.32 Å². The zero-order valence-electron chi connectivity index (χ0n) is 15.9. The topological polar surface area (TPSA) is 66.5 Å². The molecule has 2 aromatic carbocycles. The lowest BCUT2D eigenvalue weighted by molar-refractivity contribution is -0.121. The van der Waals surface area contributed by atoms with E-state index in [0.29, 0.717) is 0 Å². The molecular weight excluding hydrogens is 348 g/mol. The van der Waals surface area contributed by atoms with Crippen molar-refractivity contribution in [3.05, 3.63) is 64.7 Å². The summed E-state index contributed by atoms with van der Waals surface area (Å²) in [7, 11) is -2.28. The Morgan fingerprint density at radius 3 is 2.23 bits per heavy atom. The van der Waals surface area contributed by atoms with Gasteiger partial charge in [0.05, 0.1) is 17.5 Å². The van der Waals surface area contributed by atoms with Crippen LogP contribution in [-0.2, 0) is 14.8 Å². The third-order valence-electron chi connectivity index (χ3n) is 4.50. The van der Waals surface area contributed by atoms with Gasteiger partial charge in [-0.15, -0.1) is 0 Å². The summed E-state index contributed by atoms with van der Waals surface area (Å²) in [6.07, 6.45) is 0. The van der Waals surface area contributed by atoms with Gasteiger partial charge in [0.25, 0.3) is 0 Å². The monoisotopic (exact) mass is 374 g/mol. The summed E-state index contributed by atoms with van der Waals surface area (Å²) < 4.78 is 26.2. The lowest BCUT2D eigenvalue weighted by Gasteiger charge is -2.20. The van der Waals surface area contributed by atoms with Crippen molar-refractivity contribution in [2.24, 2.45) is 0 Å². The maximum Gasteiger partial charge on any atom is 0.243 e. The molecule has 0 aromatic heterocycles. The van der Waals surface area contributed by atoms with E-state index in [1.165, 1.54) is 12.6 Å². The molecule has 0 fully saturated rings. The summed E-state index contributed by atoms with van der Waals surface area (Å²) in [5.41, 5.74) is 4.32. The van der Waals surface area contributed by atoms with Gasteiger partial charge in [0.1, 0.15) is 0 Å². The number of sulfonamides is 1. The summed E-state index contributed by atoms with van der Waals surface area (Å²) in [5, 5.41) is 2.86. The minimum atomic E-state index is -3.69. The van der Waals surface area contributed by atoms with Crippen molar-refractivity contribution in [2.45, 2.75) is 38.6 Å². The molecule has 5 nitrogen and oxygen atoms in total. The van der Waals surface area contributed by atoms with Crippen molar-refractivity contribution < 1.29 is 13.2 Å². The van der Waals surface area contributed by atoms with Gasteiger partial charge in [-0.1, -0.05) is 35.9 Å². The van der Waals surface area contributed by atoms with Crippen LogP contribution in [0.1, 0.15) is 35.2 Å². The summed E-state index contributed by atoms with van der Waals surface area (Å²) in [5.74, 6) is -0.339. The number of hydrogen-bond acceptors (Lipinski definition) is 3. The average molecular weight is 375 g/mol. The van der Waals surface area contributed by atoms with Crippen molar-refractivity contribution in [3.8, 4) is 0 Å². The van der Waals surface area contributed by atoms with E-state index in [9.17, 15) is 13.2 Å². The van der Waals surface area contributed by atoms with E-state index in [-0.39, 0.29) is 23.4 Å². The van der Waals surface area contributed by atoms with Crippen LogP contribution >= 0.6 is 0 Å². The second kappa shape index (κ2) is 8.01. The number of carbonyl (C=O) groups is 1. The first kappa shape index (κ1) is 20.1. The SMILES string of the molecule is Cc1ccc(S(=O)(=O)N(C)CC(=O)N[C@@H](C)c2ccc(C)c(C)c2)cc1. The van der Waals surface area contributed by atoms with Crippen LogP contribution < -0.4 is 5.32 Å². The van der Waals surface area contributed by atoms with E-state index in [0.717, 1.165) is 21.0 Å². The largest absolute Gasteiger partial charge is 0.348 e. The second-order valence-corrected chi connectivity index (χ2v) is 8.75. The highest BCUT2D eigenvalue weighted by atomic mass is 32.2. The Labute approximate surface area is 156 Å². The molecule has 0 spiro atoms. The molecular formula is C20H26N2O3S. The minimum absolute atomic E-state index is 0.181. The molecule has 0 aliphatic heterocycles. The highest BCUT2D eigenvalue weighted by Gasteiger charge is 2.23. The Morgan fingerprint density at radius 1 is 1.04 bits per heavy atom. The number of aryl methyl sites for hydroxylation is 3. The van der Waals surface area contributed by atoms with E-state index >= 15 is 0 Å². The number of amides is 1. The van der Waals surface area contributed by atoms with E-state index in [1.54, 1.807) is 24.3 Å². The molecule has 0 bridgehead atoms.